The van der Waals surface area contributed by atoms with E-state index < -0.39 is 0 Å². The van der Waals surface area contributed by atoms with Gasteiger partial charge in [0.2, 0.25) is 0 Å². The van der Waals surface area contributed by atoms with Crippen molar-refractivity contribution >= 4 is 5.69 Å². The summed E-state index contributed by atoms with van der Waals surface area (Å²) in [6.45, 7) is 0. The molecule has 3 rings (SSSR count). The van der Waals surface area contributed by atoms with Gasteiger partial charge in [0.15, 0.2) is 0 Å². The van der Waals surface area contributed by atoms with E-state index in [0.29, 0.717) is 12.0 Å². The van der Waals surface area contributed by atoms with Crippen LogP contribution in [0.3, 0.4) is 0 Å². The lowest BCUT2D eigenvalue weighted by molar-refractivity contribution is 0.689. The molecule has 0 amide bonds. The molecule has 1 saturated carbocycles. The third kappa shape index (κ3) is 0.899. The van der Waals surface area contributed by atoms with Gasteiger partial charge in [0.05, 0.1) is 11.3 Å². The van der Waals surface area contributed by atoms with Crippen LogP contribution in [0.25, 0.3) is 0 Å². The fourth-order valence-electron chi connectivity index (χ4n) is 2.82. The van der Waals surface area contributed by atoms with Crippen molar-refractivity contribution in [2.45, 2.75) is 31.2 Å². The molecule has 1 aliphatic heterocycles. The van der Waals surface area contributed by atoms with Crippen LogP contribution >= 0.6 is 0 Å². The second kappa shape index (κ2) is 2.75. The molecule has 1 aliphatic carbocycles. The summed E-state index contributed by atoms with van der Waals surface area (Å²) in [5, 5.41) is 12.5. The van der Waals surface area contributed by atoms with Crippen molar-refractivity contribution in [1.82, 2.24) is 0 Å². The van der Waals surface area contributed by atoms with E-state index in [-0.39, 0.29) is 0 Å². The quantitative estimate of drug-likeness (QED) is 0.672. The molecule has 1 fully saturated rings. The molecule has 1 N–H and O–H groups in total. The number of fused-ring (bicyclic) bond motifs is 3. The van der Waals surface area contributed by atoms with Gasteiger partial charge < -0.3 is 5.32 Å². The molecular weight excluding hydrogens is 172 g/mol. The van der Waals surface area contributed by atoms with E-state index in [1.165, 1.54) is 24.8 Å². The van der Waals surface area contributed by atoms with E-state index in [9.17, 15) is 0 Å². The Balaban J connectivity index is 2.14. The van der Waals surface area contributed by atoms with Crippen LogP contribution < -0.4 is 5.32 Å². The molecular formula is C12H12N2. The van der Waals surface area contributed by atoms with Gasteiger partial charge in [-0.1, -0.05) is 18.6 Å². The van der Waals surface area contributed by atoms with Gasteiger partial charge in [-0.2, -0.15) is 5.26 Å². The van der Waals surface area contributed by atoms with Crippen LogP contribution in [0, 0.1) is 11.3 Å². The molecule has 2 unspecified atom stereocenters. The molecule has 1 aromatic rings. The number of hydrogen-bond acceptors (Lipinski definition) is 2. The summed E-state index contributed by atoms with van der Waals surface area (Å²) in [4.78, 5) is 0. The minimum absolute atomic E-state index is 0.597. The number of nitrogens with zero attached hydrogens (tertiary/aromatic N) is 1. The zero-order valence-electron chi connectivity index (χ0n) is 7.96. The second-order valence-electron chi connectivity index (χ2n) is 4.17. The highest BCUT2D eigenvalue weighted by Crippen LogP contribution is 2.46. The number of anilines is 1. The topological polar surface area (TPSA) is 35.8 Å². The second-order valence-corrected chi connectivity index (χ2v) is 4.17. The lowest BCUT2D eigenvalue weighted by Gasteiger charge is -2.08. The third-order valence-electron chi connectivity index (χ3n) is 3.46. The molecule has 1 heterocycles. The highest BCUT2D eigenvalue weighted by atomic mass is 15.0. The first-order valence-electron chi connectivity index (χ1n) is 5.19. The van der Waals surface area contributed by atoms with Crippen LogP contribution in [0.4, 0.5) is 5.69 Å². The van der Waals surface area contributed by atoms with E-state index in [1.54, 1.807) is 0 Å². The van der Waals surface area contributed by atoms with Crippen molar-refractivity contribution < 1.29 is 0 Å². The molecule has 2 nitrogen and oxygen atoms in total. The first-order valence-corrected chi connectivity index (χ1v) is 5.19. The minimum atomic E-state index is 0.597. The van der Waals surface area contributed by atoms with Gasteiger partial charge in [-0.25, -0.2) is 0 Å². The fraction of sp³-hybridized carbons (Fsp3) is 0.417. The van der Waals surface area contributed by atoms with Crippen LogP contribution in [0.5, 0.6) is 0 Å². The number of benzene rings is 1. The van der Waals surface area contributed by atoms with Crippen molar-refractivity contribution in [2.24, 2.45) is 0 Å². The highest BCUT2D eigenvalue weighted by molar-refractivity contribution is 5.68. The van der Waals surface area contributed by atoms with E-state index in [1.807, 2.05) is 12.1 Å². The molecule has 2 atom stereocenters. The molecule has 0 bridgehead atoms. The monoisotopic (exact) mass is 184 g/mol. The summed E-state index contributed by atoms with van der Waals surface area (Å²) in [6.07, 6.45) is 3.85. The zero-order chi connectivity index (χ0) is 9.54. The maximum absolute atomic E-state index is 8.98. The maximum Gasteiger partial charge on any atom is 0.101 e. The smallest absolute Gasteiger partial charge is 0.101 e. The van der Waals surface area contributed by atoms with Crippen LogP contribution in [-0.2, 0) is 0 Å². The Morgan fingerprint density at radius 3 is 3.14 bits per heavy atom. The summed E-state index contributed by atoms with van der Waals surface area (Å²) in [5.74, 6) is 0.665. The lowest BCUT2D eigenvalue weighted by Crippen LogP contribution is -2.13. The van der Waals surface area contributed by atoms with Crippen molar-refractivity contribution in [1.29, 1.82) is 5.26 Å². The predicted octanol–water partition coefficient (Wildman–Crippen LogP) is 2.62. The van der Waals surface area contributed by atoms with Gasteiger partial charge in [0, 0.05) is 12.0 Å². The Morgan fingerprint density at radius 2 is 2.29 bits per heavy atom. The lowest BCUT2D eigenvalue weighted by atomic mass is 9.96. The molecule has 0 aromatic heterocycles. The normalized spacial score (nSPS) is 27.6. The highest BCUT2D eigenvalue weighted by Gasteiger charge is 2.36. The minimum Gasteiger partial charge on any atom is -0.380 e. The Bertz CT molecular complexity index is 417. The van der Waals surface area contributed by atoms with E-state index in [2.05, 4.69) is 17.5 Å². The summed E-state index contributed by atoms with van der Waals surface area (Å²) in [5.41, 5.74) is 3.27. The molecule has 0 spiro atoms. The molecule has 14 heavy (non-hydrogen) atoms. The number of nitrogens with one attached hydrogen (secondary N) is 1. The average molecular weight is 184 g/mol. The number of para-hydroxylation sites is 1. The Kier molecular flexibility index (Phi) is 1.55. The van der Waals surface area contributed by atoms with Gasteiger partial charge in [-0.05, 0) is 24.5 Å². The van der Waals surface area contributed by atoms with Crippen molar-refractivity contribution in [3.63, 3.8) is 0 Å². The van der Waals surface area contributed by atoms with Crippen LogP contribution in [0.2, 0.25) is 0 Å². The largest absolute Gasteiger partial charge is 0.380 e. The van der Waals surface area contributed by atoms with Gasteiger partial charge in [-0.15, -0.1) is 0 Å². The summed E-state index contributed by atoms with van der Waals surface area (Å²) >= 11 is 0. The fourth-order valence-corrected chi connectivity index (χ4v) is 2.82. The molecule has 70 valence electrons. The Labute approximate surface area is 83.6 Å². The molecule has 2 aliphatic rings. The number of hydrogen-bond donors (Lipinski definition) is 1. The zero-order valence-corrected chi connectivity index (χ0v) is 7.96. The van der Waals surface area contributed by atoms with Gasteiger partial charge in [0.1, 0.15) is 6.07 Å². The molecule has 0 radical (unpaired) electrons. The summed E-state index contributed by atoms with van der Waals surface area (Å²) in [6, 6.07) is 8.91. The van der Waals surface area contributed by atoms with Crippen molar-refractivity contribution in [3.05, 3.63) is 29.3 Å². The number of rotatable bonds is 0. The van der Waals surface area contributed by atoms with Crippen molar-refractivity contribution in [3.8, 4) is 6.07 Å². The number of nitriles is 1. The van der Waals surface area contributed by atoms with Gasteiger partial charge in [-0.3, -0.25) is 0 Å². The first kappa shape index (κ1) is 7.87. The average Bonchev–Trinajstić information content (AvgIpc) is 2.76. The maximum atomic E-state index is 8.98. The standard InChI is InChI=1S/C12H12N2/c13-7-8-3-1-5-10-9-4-2-6-11(9)14-12(8)10/h1,3,5,9,11,14H,2,4,6H2. The van der Waals surface area contributed by atoms with Gasteiger partial charge in [0.25, 0.3) is 0 Å². The third-order valence-corrected chi connectivity index (χ3v) is 3.46. The Hall–Kier alpha value is -1.49. The van der Waals surface area contributed by atoms with E-state index in [4.69, 9.17) is 5.26 Å². The SMILES string of the molecule is N#Cc1cccc2c1NC1CCCC21. The van der Waals surface area contributed by atoms with Crippen LogP contribution in [0.15, 0.2) is 18.2 Å². The van der Waals surface area contributed by atoms with Crippen molar-refractivity contribution in [2.75, 3.05) is 5.32 Å². The molecule has 2 heteroatoms. The first-order chi connectivity index (χ1) is 6.90. The molecule has 0 saturated heterocycles. The van der Waals surface area contributed by atoms with Crippen LogP contribution in [-0.4, -0.2) is 6.04 Å². The molecule has 1 aromatic carbocycles. The summed E-state index contributed by atoms with van der Waals surface area (Å²) in [7, 11) is 0. The predicted molar refractivity (Wildman–Crippen MR) is 55.2 cm³/mol. The summed E-state index contributed by atoms with van der Waals surface area (Å²) < 4.78 is 0. The Morgan fingerprint density at radius 1 is 1.36 bits per heavy atom. The van der Waals surface area contributed by atoms with E-state index in [0.717, 1.165) is 11.3 Å². The van der Waals surface area contributed by atoms with Crippen LogP contribution in [0.1, 0.15) is 36.3 Å². The van der Waals surface area contributed by atoms with Gasteiger partial charge >= 0.3 is 0 Å². The van der Waals surface area contributed by atoms with E-state index >= 15 is 0 Å².